The van der Waals surface area contributed by atoms with E-state index in [0.29, 0.717) is 5.69 Å². The van der Waals surface area contributed by atoms with Gasteiger partial charge in [0.2, 0.25) is 5.91 Å². The Labute approximate surface area is 134 Å². The number of esters is 1. The molecule has 3 rings (SSSR count). The third-order valence-electron chi connectivity index (χ3n) is 3.49. The Morgan fingerprint density at radius 2 is 2.00 bits per heavy atom. The molecule has 2 aliphatic rings. The summed E-state index contributed by atoms with van der Waals surface area (Å²) in [7, 11) is 0. The second-order valence-corrected chi connectivity index (χ2v) is 5.71. The van der Waals surface area contributed by atoms with Crippen molar-refractivity contribution in [3.63, 3.8) is 0 Å². The molecule has 2 aliphatic heterocycles. The van der Waals surface area contributed by atoms with Gasteiger partial charge in [0.1, 0.15) is 12.0 Å². The number of hydrogen-bond acceptors (Lipinski definition) is 6. The van der Waals surface area contributed by atoms with Gasteiger partial charge in [0.05, 0.1) is 12.3 Å². The van der Waals surface area contributed by atoms with Crippen LogP contribution in [0.2, 0.25) is 0 Å². The molecule has 2 heterocycles. The van der Waals surface area contributed by atoms with Crippen molar-refractivity contribution in [2.75, 3.05) is 11.5 Å². The summed E-state index contributed by atoms with van der Waals surface area (Å²) >= 11 is 3.30. The summed E-state index contributed by atoms with van der Waals surface area (Å²) in [6, 6.07) is 5.93. The Bertz CT molecular complexity index is 686. The van der Waals surface area contributed by atoms with Crippen LogP contribution in [0.15, 0.2) is 33.8 Å². The van der Waals surface area contributed by atoms with Gasteiger partial charge in [-0.2, -0.15) is 5.10 Å². The van der Waals surface area contributed by atoms with E-state index in [9.17, 15) is 14.4 Å². The van der Waals surface area contributed by atoms with Gasteiger partial charge in [-0.3, -0.25) is 15.0 Å². The van der Waals surface area contributed by atoms with Crippen LogP contribution in [0.1, 0.15) is 6.92 Å². The number of halogens is 1. The monoisotopic (exact) mass is 365 g/mol. The molecule has 2 atom stereocenters. The fourth-order valence-electron chi connectivity index (χ4n) is 2.51. The molecule has 22 heavy (non-hydrogen) atoms. The average molecular weight is 366 g/mol. The largest absolute Gasteiger partial charge is 0.461 e. The lowest BCUT2D eigenvalue weighted by molar-refractivity contribution is -0.136. The molecule has 2 amide bonds. The number of rotatable bonds is 3. The Kier molecular flexibility index (Phi) is 3.69. The summed E-state index contributed by atoms with van der Waals surface area (Å²) in [6.07, 6.45) is 0. The van der Waals surface area contributed by atoms with E-state index < -0.39 is 29.7 Å². The van der Waals surface area contributed by atoms with Crippen molar-refractivity contribution < 1.29 is 19.1 Å². The lowest BCUT2D eigenvalue weighted by Gasteiger charge is -2.15. The number of ether oxygens (including phenoxy) is 1. The molecule has 1 aromatic rings. The number of anilines is 1. The van der Waals surface area contributed by atoms with Crippen LogP contribution in [0.25, 0.3) is 0 Å². The Balaban J connectivity index is 1.91. The number of carbonyl (C=O) groups is 3. The maximum absolute atomic E-state index is 12.6. The summed E-state index contributed by atoms with van der Waals surface area (Å²) < 4.78 is 5.71. The molecule has 8 heteroatoms. The average Bonchev–Trinajstić information content (AvgIpc) is 3.03. The number of nitrogens with one attached hydrogen (secondary N) is 1. The summed E-state index contributed by atoms with van der Waals surface area (Å²) in [4.78, 5) is 37.9. The molecule has 0 saturated carbocycles. The minimum absolute atomic E-state index is 0.0511. The number of hydrazone groups is 1. The minimum Gasteiger partial charge on any atom is -0.461 e. The number of imide groups is 1. The van der Waals surface area contributed by atoms with Crippen LogP contribution in [-0.2, 0) is 19.1 Å². The number of nitrogens with zero attached hydrogens (tertiary/aromatic N) is 2. The Morgan fingerprint density at radius 3 is 2.64 bits per heavy atom. The molecular weight excluding hydrogens is 354 g/mol. The molecule has 7 nitrogen and oxygen atoms in total. The molecular formula is C14H12BrN3O4. The SMILES string of the molecule is CCOC(=O)C1=NNC2C(=O)N(c3ccc(Br)cc3)C(=O)C12. The lowest BCUT2D eigenvalue weighted by atomic mass is 9.99. The zero-order valence-corrected chi connectivity index (χ0v) is 13.2. The van der Waals surface area contributed by atoms with Gasteiger partial charge in [-0.15, -0.1) is 0 Å². The van der Waals surface area contributed by atoms with Crippen molar-refractivity contribution in [2.24, 2.45) is 11.0 Å². The van der Waals surface area contributed by atoms with Gasteiger partial charge in [-0.05, 0) is 31.2 Å². The first kappa shape index (κ1) is 14.7. The second kappa shape index (κ2) is 5.53. The molecule has 1 fully saturated rings. The maximum Gasteiger partial charge on any atom is 0.355 e. The zero-order valence-electron chi connectivity index (χ0n) is 11.6. The molecule has 0 radical (unpaired) electrons. The molecule has 114 valence electrons. The molecule has 0 bridgehead atoms. The van der Waals surface area contributed by atoms with E-state index in [2.05, 4.69) is 26.5 Å². The Hall–Kier alpha value is -2.22. The summed E-state index contributed by atoms with van der Waals surface area (Å²) in [6.45, 7) is 1.84. The van der Waals surface area contributed by atoms with E-state index >= 15 is 0 Å². The molecule has 0 aromatic heterocycles. The van der Waals surface area contributed by atoms with E-state index in [1.807, 2.05) is 0 Å². The highest BCUT2D eigenvalue weighted by atomic mass is 79.9. The van der Waals surface area contributed by atoms with E-state index in [1.165, 1.54) is 0 Å². The van der Waals surface area contributed by atoms with Crippen molar-refractivity contribution in [2.45, 2.75) is 13.0 Å². The van der Waals surface area contributed by atoms with E-state index in [0.717, 1.165) is 9.37 Å². The topological polar surface area (TPSA) is 88.1 Å². The highest BCUT2D eigenvalue weighted by Gasteiger charge is 2.55. The fourth-order valence-corrected chi connectivity index (χ4v) is 2.77. The number of carbonyl (C=O) groups excluding carboxylic acids is 3. The third kappa shape index (κ3) is 2.19. The van der Waals surface area contributed by atoms with Gasteiger partial charge in [-0.1, -0.05) is 15.9 Å². The lowest BCUT2D eigenvalue weighted by Crippen LogP contribution is -2.36. The number of hydrogen-bond donors (Lipinski definition) is 1. The summed E-state index contributed by atoms with van der Waals surface area (Å²) in [5, 5.41) is 3.80. The van der Waals surface area contributed by atoms with Crippen LogP contribution >= 0.6 is 15.9 Å². The number of benzene rings is 1. The number of amides is 2. The summed E-state index contributed by atoms with van der Waals surface area (Å²) in [5.41, 5.74) is 2.97. The van der Waals surface area contributed by atoms with Crippen LogP contribution in [0.4, 0.5) is 5.69 Å². The third-order valence-corrected chi connectivity index (χ3v) is 4.02. The first-order valence-corrected chi connectivity index (χ1v) is 7.47. The van der Waals surface area contributed by atoms with Gasteiger partial charge >= 0.3 is 5.97 Å². The number of fused-ring (bicyclic) bond motifs is 1. The summed E-state index contributed by atoms with van der Waals surface area (Å²) in [5.74, 6) is -2.52. The van der Waals surface area contributed by atoms with Gasteiger partial charge in [0, 0.05) is 4.47 Å². The van der Waals surface area contributed by atoms with E-state index in [4.69, 9.17) is 4.74 Å². The molecule has 1 saturated heterocycles. The first-order chi connectivity index (χ1) is 10.5. The van der Waals surface area contributed by atoms with Crippen LogP contribution in [0, 0.1) is 5.92 Å². The predicted octanol–water partition coefficient (Wildman–Crippen LogP) is 0.829. The molecule has 0 spiro atoms. The zero-order chi connectivity index (χ0) is 15.9. The van der Waals surface area contributed by atoms with Crippen molar-refractivity contribution in [3.8, 4) is 0 Å². The fraction of sp³-hybridized carbons (Fsp3) is 0.286. The second-order valence-electron chi connectivity index (χ2n) is 4.79. The first-order valence-electron chi connectivity index (χ1n) is 6.68. The highest BCUT2D eigenvalue weighted by molar-refractivity contribution is 9.10. The van der Waals surface area contributed by atoms with E-state index in [-0.39, 0.29) is 12.3 Å². The standard InChI is InChI=1S/C14H12BrN3O4/c1-2-22-14(21)11-9-10(16-17-11)13(20)18(12(9)19)8-5-3-7(15)4-6-8/h3-6,9-10,16H,2H2,1H3. The van der Waals surface area contributed by atoms with Crippen LogP contribution in [0.5, 0.6) is 0 Å². The van der Waals surface area contributed by atoms with Crippen LogP contribution < -0.4 is 10.3 Å². The molecule has 1 aromatic carbocycles. The minimum atomic E-state index is -0.935. The quantitative estimate of drug-likeness (QED) is 0.633. The predicted molar refractivity (Wildman–Crippen MR) is 81.1 cm³/mol. The van der Waals surface area contributed by atoms with Crippen LogP contribution in [-0.4, -0.2) is 36.1 Å². The van der Waals surface area contributed by atoms with Gasteiger partial charge in [0.25, 0.3) is 5.91 Å². The molecule has 0 aliphatic carbocycles. The van der Waals surface area contributed by atoms with Gasteiger partial charge in [0.15, 0.2) is 5.71 Å². The van der Waals surface area contributed by atoms with Crippen molar-refractivity contribution in [3.05, 3.63) is 28.7 Å². The van der Waals surface area contributed by atoms with Gasteiger partial charge in [-0.25, -0.2) is 9.69 Å². The normalized spacial score (nSPS) is 23.2. The van der Waals surface area contributed by atoms with Crippen molar-refractivity contribution in [1.29, 1.82) is 0 Å². The maximum atomic E-state index is 12.6. The van der Waals surface area contributed by atoms with Crippen molar-refractivity contribution in [1.82, 2.24) is 5.43 Å². The van der Waals surface area contributed by atoms with Gasteiger partial charge < -0.3 is 4.74 Å². The van der Waals surface area contributed by atoms with Crippen molar-refractivity contribution >= 4 is 45.1 Å². The smallest absolute Gasteiger partial charge is 0.355 e. The van der Waals surface area contributed by atoms with Crippen LogP contribution in [0.3, 0.4) is 0 Å². The van der Waals surface area contributed by atoms with E-state index in [1.54, 1.807) is 31.2 Å². The highest BCUT2D eigenvalue weighted by Crippen LogP contribution is 2.31. The molecule has 1 N–H and O–H groups in total. The Morgan fingerprint density at radius 1 is 1.32 bits per heavy atom. The molecule has 2 unspecified atom stereocenters.